The first-order valence-corrected chi connectivity index (χ1v) is 7.37. The van der Waals surface area contributed by atoms with Crippen LogP contribution in [0.5, 0.6) is 0 Å². The number of allylic oxidation sites excluding steroid dienone is 2. The maximum absolute atomic E-state index is 12.1. The minimum absolute atomic E-state index is 0.0262. The smallest absolute Gasteiger partial charge is 0.241 e. The first kappa shape index (κ1) is 13.9. The van der Waals surface area contributed by atoms with E-state index >= 15 is 0 Å². The molecule has 1 aromatic carbocycles. The van der Waals surface area contributed by atoms with E-state index in [1.165, 1.54) is 0 Å². The molecular formula is C16H16ClN3O. The van der Waals surface area contributed by atoms with Gasteiger partial charge in [0.15, 0.2) is 0 Å². The molecule has 1 amide bonds. The summed E-state index contributed by atoms with van der Waals surface area (Å²) < 4.78 is 0. The highest BCUT2D eigenvalue weighted by molar-refractivity contribution is 6.31. The first-order chi connectivity index (χ1) is 10.2. The number of carbonyl (C=O) groups excluding carboxylic acids is 1. The number of nitrogens with zero attached hydrogens (tertiary/aromatic N) is 1. The molecule has 0 spiro atoms. The number of rotatable bonds is 3. The Morgan fingerprint density at radius 3 is 3.00 bits per heavy atom. The Labute approximate surface area is 128 Å². The summed E-state index contributed by atoms with van der Waals surface area (Å²) in [6.45, 7) is 0. The van der Waals surface area contributed by atoms with Crippen LogP contribution < -0.4 is 10.9 Å². The number of pyridine rings is 1. The Balaban J connectivity index is 1.73. The second-order valence-electron chi connectivity index (χ2n) is 5.12. The van der Waals surface area contributed by atoms with E-state index in [9.17, 15) is 4.79 Å². The van der Waals surface area contributed by atoms with E-state index in [1.807, 2.05) is 18.2 Å². The lowest BCUT2D eigenvalue weighted by molar-refractivity contribution is -0.124. The maximum Gasteiger partial charge on any atom is 0.241 e. The van der Waals surface area contributed by atoms with Crippen molar-refractivity contribution in [2.24, 2.45) is 5.92 Å². The highest BCUT2D eigenvalue weighted by Gasteiger charge is 2.18. The third-order valence-corrected chi connectivity index (χ3v) is 3.90. The van der Waals surface area contributed by atoms with Crippen molar-refractivity contribution in [2.75, 3.05) is 5.43 Å². The van der Waals surface area contributed by atoms with Gasteiger partial charge in [-0.25, -0.2) is 0 Å². The standard InChI is InChI=1S/C16H16ClN3O/c17-12-6-7-13-14(8-9-18-15(13)10-12)19-20-16(21)11-4-2-1-3-5-11/h1-2,6-11H,3-5H2,(H,18,19)(H,20,21). The van der Waals surface area contributed by atoms with Crippen molar-refractivity contribution in [3.05, 3.63) is 47.6 Å². The molecule has 1 aromatic heterocycles. The highest BCUT2D eigenvalue weighted by Crippen LogP contribution is 2.24. The van der Waals surface area contributed by atoms with Crippen molar-refractivity contribution < 1.29 is 4.79 Å². The van der Waals surface area contributed by atoms with Crippen LogP contribution in [0.25, 0.3) is 10.9 Å². The Bertz CT molecular complexity index is 699. The van der Waals surface area contributed by atoms with Crippen molar-refractivity contribution in [3.63, 3.8) is 0 Å². The Morgan fingerprint density at radius 1 is 1.29 bits per heavy atom. The topological polar surface area (TPSA) is 54.0 Å². The number of anilines is 1. The second kappa shape index (κ2) is 6.14. The minimum atomic E-state index is 0.0262. The number of hydrazine groups is 1. The molecule has 2 N–H and O–H groups in total. The van der Waals surface area contributed by atoms with Crippen molar-refractivity contribution in [1.82, 2.24) is 10.4 Å². The Kier molecular flexibility index (Phi) is 4.06. The van der Waals surface area contributed by atoms with Crippen molar-refractivity contribution in [2.45, 2.75) is 19.3 Å². The number of hydrogen-bond acceptors (Lipinski definition) is 3. The van der Waals surface area contributed by atoms with Crippen LogP contribution in [0.4, 0.5) is 5.69 Å². The number of carbonyl (C=O) groups is 1. The van der Waals surface area contributed by atoms with Crippen LogP contribution in [-0.2, 0) is 4.79 Å². The average Bonchev–Trinajstić information content (AvgIpc) is 2.53. The second-order valence-corrected chi connectivity index (χ2v) is 5.55. The van der Waals surface area contributed by atoms with E-state index in [2.05, 4.69) is 28.0 Å². The molecular weight excluding hydrogens is 286 g/mol. The zero-order valence-electron chi connectivity index (χ0n) is 11.5. The number of amides is 1. The van der Waals surface area contributed by atoms with Gasteiger partial charge in [0, 0.05) is 22.5 Å². The van der Waals surface area contributed by atoms with Gasteiger partial charge in [0.05, 0.1) is 11.2 Å². The van der Waals surface area contributed by atoms with Gasteiger partial charge in [-0.1, -0.05) is 23.8 Å². The molecule has 0 radical (unpaired) electrons. The summed E-state index contributed by atoms with van der Waals surface area (Å²) in [6, 6.07) is 7.33. The van der Waals surface area contributed by atoms with Gasteiger partial charge < -0.3 is 0 Å². The van der Waals surface area contributed by atoms with Crippen LogP contribution in [0.2, 0.25) is 5.02 Å². The summed E-state index contributed by atoms with van der Waals surface area (Å²) in [5.41, 5.74) is 7.40. The molecule has 1 unspecified atom stereocenters. The molecule has 0 aliphatic heterocycles. The van der Waals surface area contributed by atoms with E-state index in [-0.39, 0.29) is 11.8 Å². The molecule has 1 heterocycles. The van der Waals surface area contributed by atoms with Crippen LogP contribution in [-0.4, -0.2) is 10.9 Å². The van der Waals surface area contributed by atoms with Gasteiger partial charge in [-0.05, 0) is 43.5 Å². The Hall–Kier alpha value is -2.07. The fourth-order valence-electron chi connectivity index (χ4n) is 2.49. The van der Waals surface area contributed by atoms with Crippen molar-refractivity contribution >= 4 is 34.1 Å². The molecule has 1 atom stereocenters. The van der Waals surface area contributed by atoms with Crippen LogP contribution >= 0.6 is 11.6 Å². The SMILES string of the molecule is O=C(NNc1ccnc2cc(Cl)ccc12)C1CC=CCC1. The van der Waals surface area contributed by atoms with Gasteiger partial charge in [0.2, 0.25) is 5.91 Å². The summed E-state index contributed by atoms with van der Waals surface area (Å²) in [4.78, 5) is 16.4. The molecule has 5 heteroatoms. The largest absolute Gasteiger partial charge is 0.298 e. The number of aromatic nitrogens is 1. The lowest BCUT2D eigenvalue weighted by Gasteiger charge is -2.18. The molecule has 1 aliphatic carbocycles. The number of benzene rings is 1. The van der Waals surface area contributed by atoms with E-state index in [0.29, 0.717) is 5.02 Å². The fraction of sp³-hybridized carbons (Fsp3) is 0.250. The van der Waals surface area contributed by atoms with Crippen LogP contribution in [0.3, 0.4) is 0 Å². The fourth-order valence-corrected chi connectivity index (χ4v) is 2.66. The predicted molar refractivity (Wildman–Crippen MR) is 85.0 cm³/mol. The van der Waals surface area contributed by atoms with E-state index in [0.717, 1.165) is 35.9 Å². The summed E-state index contributed by atoms with van der Waals surface area (Å²) in [7, 11) is 0. The van der Waals surface area contributed by atoms with Gasteiger partial charge >= 0.3 is 0 Å². The van der Waals surface area contributed by atoms with Gasteiger partial charge in [0.25, 0.3) is 0 Å². The van der Waals surface area contributed by atoms with Crippen LogP contribution in [0.1, 0.15) is 19.3 Å². The van der Waals surface area contributed by atoms with Gasteiger partial charge in [-0.15, -0.1) is 0 Å². The Morgan fingerprint density at radius 2 is 2.19 bits per heavy atom. The molecule has 2 aromatic rings. The van der Waals surface area contributed by atoms with Gasteiger partial charge in [0.1, 0.15) is 0 Å². The molecule has 0 saturated carbocycles. The molecule has 1 aliphatic rings. The number of hydrogen-bond donors (Lipinski definition) is 2. The third-order valence-electron chi connectivity index (χ3n) is 3.66. The molecule has 21 heavy (non-hydrogen) atoms. The average molecular weight is 302 g/mol. The van der Waals surface area contributed by atoms with Gasteiger partial charge in [-0.2, -0.15) is 0 Å². The zero-order chi connectivity index (χ0) is 14.7. The molecule has 3 rings (SSSR count). The summed E-state index contributed by atoms with van der Waals surface area (Å²) in [6.07, 6.45) is 8.55. The number of halogens is 1. The minimum Gasteiger partial charge on any atom is -0.298 e. The molecule has 4 nitrogen and oxygen atoms in total. The maximum atomic E-state index is 12.1. The molecule has 108 valence electrons. The van der Waals surface area contributed by atoms with E-state index in [4.69, 9.17) is 11.6 Å². The molecule has 0 bridgehead atoms. The number of fused-ring (bicyclic) bond motifs is 1. The number of nitrogens with one attached hydrogen (secondary N) is 2. The summed E-state index contributed by atoms with van der Waals surface area (Å²) in [5, 5.41) is 1.57. The van der Waals surface area contributed by atoms with Crippen LogP contribution in [0.15, 0.2) is 42.6 Å². The lowest BCUT2D eigenvalue weighted by Crippen LogP contribution is -2.35. The van der Waals surface area contributed by atoms with E-state index in [1.54, 1.807) is 12.3 Å². The summed E-state index contributed by atoms with van der Waals surface area (Å²) in [5.74, 6) is 0.0725. The lowest BCUT2D eigenvalue weighted by atomic mass is 9.94. The molecule has 0 saturated heterocycles. The van der Waals surface area contributed by atoms with E-state index < -0.39 is 0 Å². The molecule has 0 fully saturated rings. The third kappa shape index (κ3) is 3.16. The zero-order valence-corrected chi connectivity index (χ0v) is 12.2. The van der Waals surface area contributed by atoms with Crippen molar-refractivity contribution in [3.8, 4) is 0 Å². The normalized spacial score (nSPS) is 17.7. The highest BCUT2D eigenvalue weighted by atomic mass is 35.5. The van der Waals surface area contributed by atoms with Crippen molar-refractivity contribution in [1.29, 1.82) is 0 Å². The van der Waals surface area contributed by atoms with Gasteiger partial charge in [-0.3, -0.25) is 20.6 Å². The first-order valence-electron chi connectivity index (χ1n) is 6.99. The summed E-state index contributed by atoms with van der Waals surface area (Å²) >= 11 is 5.96. The monoisotopic (exact) mass is 301 g/mol. The van der Waals surface area contributed by atoms with Crippen LogP contribution in [0, 0.1) is 5.92 Å². The predicted octanol–water partition coefficient (Wildman–Crippen LogP) is 3.69. The quantitative estimate of drug-likeness (QED) is 0.671.